The molecule has 1 N–H and O–H groups in total. The summed E-state index contributed by atoms with van der Waals surface area (Å²) >= 11 is 0. The maximum absolute atomic E-state index is 12.0. The van der Waals surface area contributed by atoms with E-state index in [0.717, 1.165) is 19.5 Å². The minimum absolute atomic E-state index is 0.0874. The van der Waals surface area contributed by atoms with Crippen molar-refractivity contribution in [1.29, 1.82) is 0 Å². The Morgan fingerprint density at radius 2 is 2.47 bits per heavy atom. The molecule has 1 aromatic heterocycles. The Kier molecular flexibility index (Phi) is 3.80. The molecule has 1 aliphatic rings. The van der Waals surface area contributed by atoms with Crippen LogP contribution in [-0.4, -0.2) is 33.0 Å². The number of pyridine rings is 1. The number of hydrogen-bond acceptors (Lipinski definition) is 5. The van der Waals surface area contributed by atoms with E-state index >= 15 is 0 Å². The van der Waals surface area contributed by atoms with Crippen LogP contribution in [0.2, 0.25) is 0 Å². The van der Waals surface area contributed by atoms with Gasteiger partial charge in [0.2, 0.25) is 5.03 Å². The Hall–Kier alpha value is -1.34. The first-order valence-electron chi connectivity index (χ1n) is 5.37. The lowest BCUT2D eigenvalue weighted by Gasteiger charge is -2.07. The second-order valence-corrected chi connectivity index (χ2v) is 5.37. The van der Waals surface area contributed by atoms with E-state index in [4.69, 9.17) is 0 Å². The van der Waals surface area contributed by atoms with Crippen molar-refractivity contribution in [2.45, 2.75) is 11.4 Å². The Morgan fingerprint density at radius 1 is 1.65 bits per heavy atom. The van der Waals surface area contributed by atoms with E-state index in [9.17, 15) is 14.3 Å². The van der Waals surface area contributed by atoms with E-state index in [0.29, 0.717) is 11.7 Å². The van der Waals surface area contributed by atoms with E-state index < -0.39 is 15.7 Å². The van der Waals surface area contributed by atoms with Gasteiger partial charge in [-0.05, 0) is 31.5 Å². The van der Waals surface area contributed by atoms with Crippen LogP contribution in [0.1, 0.15) is 6.42 Å². The zero-order chi connectivity index (χ0) is 12.3. The summed E-state index contributed by atoms with van der Waals surface area (Å²) in [6.45, 7) is 1.75. The quantitative estimate of drug-likeness (QED) is 0.632. The molecular formula is C10H13N3O3S. The third-order valence-corrected chi connectivity index (χ3v) is 4.23. The molecule has 0 unspecified atom stereocenters. The molecule has 1 aromatic rings. The van der Waals surface area contributed by atoms with Gasteiger partial charge in [-0.25, -0.2) is 4.98 Å². The van der Waals surface area contributed by atoms with Crippen molar-refractivity contribution in [1.82, 2.24) is 10.3 Å². The average molecular weight is 255 g/mol. The van der Waals surface area contributed by atoms with Gasteiger partial charge in [0, 0.05) is 18.0 Å². The summed E-state index contributed by atoms with van der Waals surface area (Å²) in [5.41, 5.74) is -0.156. The van der Waals surface area contributed by atoms with Crippen molar-refractivity contribution < 1.29 is 9.13 Å². The second kappa shape index (κ2) is 5.33. The zero-order valence-corrected chi connectivity index (χ0v) is 9.98. The first kappa shape index (κ1) is 12.1. The van der Waals surface area contributed by atoms with Gasteiger partial charge in [-0.15, -0.1) is 0 Å². The van der Waals surface area contributed by atoms with Crippen molar-refractivity contribution in [2.24, 2.45) is 5.92 Å². The van der Waals surface area contributed by atoms with Gasteiger partial charge in [0.25, 0.3) is 0 Å². The number of nitro groups is 1. The third kappa shape index (κ3) is 2.86. The van der Waals surface area contributed by atoms with Crippen molar-refractivity contribution in [3.05, 3.63) is 28.4 Å². The van der Waals surface area contributed by atoms with Gasteiger partial charge in [-0.1, -0.05) is 0 Å². The molecule has 2 heterocycles. The van der Waals surface area contributed by atoms with Crippen molar-refractivity contribution in [2.75, 3.05) is 18.8 Å². The highest BCUT2D eigenvalue weighted by Gasteiger charge is 2.24. The molecule has 1 saturated heterocycles. The largest absolute Gasteiger partial charge is 0.316 e. The molecule has 6 nitrogen and oxygen atoms in total. The highest BCUT2D eigenvalue weighted by molar-refractivity contribution is 7.85. The number of aromatic nitrogens is 1. The molecule has 92 valence electrons. The van der Waals surface area contributed by atoms with Gasteiger partial charge < -0.3 is 5.32 Å². The summed E-state index contributed by atoms with van der Waals surface area (Å²) in [6, 6.07) is 2.82. The minimum atomic E-state index is -1.40. The molecule has 1 fully saturated rings. The number of hydrogen-bond donors (Lipinski definition) is 1. The fraction of sp³-hybridized carbons (Fsp3) is 0.500. The Balaban J connectivity index is 2.15. The van der Waals surface area contributed by atoms with Crippen LogP contribution in [0.15, 0.2) is 23.4 Å². The Bertz CT molecular complexity index is 446. The summed E-state index contributed by atoms with van der Waals surface area (Å²) in [5.74, 6) is 0.752. The summed E-state index contributed by atoms with van der Waals surface area (Å²) in [5, 5.41) is 14.0. The van der Waals surface area contributed by atoms with Crippen molar-refractivity contribution >= 4 is 16.5 Å². The van der Waals surface area contributed by atoms with Crippen LogP contribution in [0.25, 0.3) is 0 Å². The normalized spacial score (nSPS) is 21.3. The zero-order valence-electron chi connectivity index (χ0n) is 9.17. The number of nitrogens with zero attached hydrogens (tertiary/aromatic N) is 2. The molecule has 1 aliphatic heterocycles. The maximum Gasteiger partial charge on any atom is 0.303 e. The van der Waals surface area contributed by atoms with Gasteiger partial charge in [0.05, 0.1) is 15.7 Å². The molecule has 0 aromatic carbocycles. The van der Waals surface area contributed by atoms with Crippen molar-refractivity contribution in [3.63, 3.8) is 0 Å². The lowest BCUT2D eigenvalue weighted by molar-refractivity contribution is -0.388. The van der Waals surface area contributed by atoms with Gasteiger partial charge >= 0.3 is 5.69 Å². The van der Waals surface area contributed by atoms with Crippen LogP contribution in [-0.2, 0) is 10.8 Å². The van der Waals surface area contributed by atoms with E-state index in [1.165, 1.54) is 18.3 Å². The molecule has 2 rings (SSSR count). The first-order valence-corrected chi connectivity index (χ1v) is 6.69. The molecular weight excluding hydrogens is 242 g/mol. The Labute approximate surface area is 101 Å². The lowest BCUT2D eigenvalue weighted by Crippen LogP contribution is -2.16. The molecule has 7 heteroatoms. The van der Waals surface area contributed by atoms with Gasteiger partial charge in [-0.2, -0.15) is 0 Å². The van der Waals surface area contributed by atoms with Gasteiger partial charge in [0.15, 0.2) is 0 Å². The van der Waals surface area contributed by atoms with E-state index in [1.807, 2.05) is 0 Å². The molecule has 0 aliphatic carbocycles. The molecule has 0 amide bonds. The highest BCUT2D eigenvalue weighted by Crippen LogP contribution is 2.21. The predicted molar refractivity (Wildman–Crippen MR) is 63.1 cm³/mol. The maximum atomic E-state index is 12.0. The van der Waals surface area contributed by atoms with E-state index in [2.05, 4.69) is 10.3 Å². The summed E-state index contributed by atoms with van der Waals surface area (Å²) < 4.78 is 12.0. The molecule has 0 spiro atoms. The number of rotatable bonds is 4. The third-order valence-electron chi connectivity index (χ3n) is 2.71. The summed E-state index contributed by atoms with van der Waals surface area (Å²) in [4.78, 5) is 14.1. The van der Waals surface area contributed by atoms with E-state index in [-0.39, 0.29) is 10.7 Å². The summed E-state index contributed by atoms with van der Waals surface area (Å²) in [7, 11) is -1.40. The SMILES string of the molecule is O=[N+]([O-])c1cccnc1[S@](=O)C[C@H]1CCNC1. The molecule has 2 atom stereocenters. The van der Waals surface area contributed by atoms with Crippen LogP contribution >= 0.6 is 0 Å². The Morgan fingerprint density at radius 3 is 3.12 bits per heavy atom. The molecule has 17 heavy (non-hydrogen) atoms. The summed E-state index contributed by atoms with van der Waals surface area (Å²) in [6.07, 6.45) is 2.40. The standard InChI is InChI=1S/C10H13N3O3S/c14-13(15)9-2-1-4-12-10(9)17(16)7-8-3-5-11-6-8/h1-2,4,8,11H,3,5-7H2/t8-,17+/m0/s1. The topological polar surface area (TPSA) is 85.1 Å². The predicted octanol–water partition coefficient (Wildman–Crippen LogP) is 0.707. The fourth-order valence-corrected chi connectivity index (χ4v) is 3.27. The van der Waals surface area contributed by atoms with Crippen LogP contribution in [0.3, 0.4) is 0 Å². The minimum Gasteiger partial charge on any atom is -0.316 e. The van der Waals surface area contributed by atoms with Crippen LogP contribution in [0, 0.1) is 16.0 Å². The van der Waals surface area contributed by atoms with Crippen LogP contribution in [0.4, 0.5) is 5.69 Å². The van der Waals surface area contributed by atoms with Crippen LogP contribution in [0.5, 0.6) is 0 Å². The monoisotopic (exact) mass is 255 g/mol. The molecule has 0 bridgehead atoms. The lowest BCUT2D eigenvalue weighted by atomic mass is 10.2. The second-order valence-electron chi connectivity index (χ2n) is 3.96. The fourth-order valence-electron chi connectivity index (χ4n) is 1.85. The van der Waals surface area contributed by atoms with Gasteiger partial charge in [-0.3, -0.25) is 14.3 Å². The molecule has 0 saturated carbocycles. The highest BCUT2D eigenvalue weighted by atomic mass is 32.2. The van der Waals surface area contributed by atoms with E-state index in [1.54, 1.807) is 0 Å². The smallest absolute Gasteiger partial charge is 0.303 e. The average Bonchev–Trinajstić information content (AvgIpc) is 2.81. The first-order chi connectivity index (χ1) is 8.18. The van der Waals surface area contributed by atoms with Crippen molar-refractivity contribution in [3.8, 4) is 0 Å². The van der Waals surface area contributed by atoms with Crippen LogP contribution < -0.4 is 5.32 Å². The molecule has 0 radical (unpaired) electrons. The van der Waals surface area contributed by atoms with Gasteiger partial charge in [0.1, 0.15) is 0 Å². The number of nitrogens with one attached hydrogen (secondary N) is 1.